The summed E-state index contributed by atoms with van der Waals surface area (Å²) < 4.78 is 13.6. The van der Waals surface area contributed by atoms with Gasteiger partial charge in [0.2, 0.25) is 0 Å². The van der Waals surface area contributed by atoms with Gasteiger partial charge in [-0.15, -0.1) is 0 Å². The second-order valence-electron chi connectivity index (χ2n) is 5.57. The smallest absolute Gasteiger partial charge is 0.109 e. The predicted octanol–water partition coefficient (Wildman–Crippen LogP) is 3.04. The van der Waals surface area contributed by atoms with E-state index in [9.17, 15) is 9.50 Å². The summed E-state index contributed by atoms with van der Waals surface area (Å²) in [5.74, 6) is 0. The molecule has 0 amide bonds. The van der Waals surface area contributed by atoms with Crippen molar-refractivity contribution >= 4 is 0 Å². The van der Waals surface area contributed by atoms with Gasteiger partial charge in [0.05, 0.1) is 5.60 Å². The van der Waals surface area contributed by atoms with Crippen molar-refractivity contribution in [1.29, 1.82) is 0 Å². The molecule has 1 aliphatic rings. The molecule has 1 nitrogen and oxygen atoms in total. The third kappa shape index (κ3) is 3.05. The fourth-order valence-electron chi connectivity index (χ4n) is 2.03. The van der Waals surface area contributed by atoms with Crippen LogP contribution in [0.5, 0.6) is 0 Å². The van der Waals surface area contributed by atoms with Crippen LogP contribution >= 0.6 is 0 Å². The minimum Gasteiger partial charge on any atom is -0.390 e. The molecule has 1 aromatic carbocycles. The molecule has 0 bridgehead atoms. The lowest BCUT2D eigenvalue weighted by atomic mass is 9.93. The molecule has 88 valence electrons. The van der Waals surface area contributed by atoms with Gasteiger partial charge in [-0.05, 0) is 37.8 Å². The van der Waals surface area contributed by atoms with Crippen molar-refractivity contribution < 1.29 is 9.50 Å². The first-order valence-electron chi connectivity index (χ1n) is 5.86. The van der Waals surface area contributed by atoms with Gasteiger partial charge >= 0.3 is 0 Å². The summed E-state index contributed by atoms with van der Waals surface area (Å²) in [6, 6.07) is 7.84. The number of halogens is 1. The Bertz CT molecular complexity index is 348. The molecule has 16 heavy (non-hydrogen) atoms. The maximum absolute atomic E-state index is 13.6. The monoisotopic (exact) mass is 222 g/mol. The Kier molecular flexibility index (Phi) is 2.79. The van der Waals surface area contributed by atoms with Crippen molar-refractivity contribution in [3.8, 4) is 0 Å². The molecule has 0 aliphatic heterocycles. The quantitative estimate of drug-likeness (QED) is 0.830. The van der Waals surface area contributed by atoms with Gasteiger partial charge in [-0.3, -0.25) is 0 Å². The molecule has 0 heterocycles. The lowest BCUT2D eigenvalue weighted by molar-refractivity contribution is 0.150. The first-order chi connectivity index (χ1) is 7.38. The Morgan fingerprint density at radius 1 is 1.25 bits per heavy atom. The van der Waals surface area contributed by atoms with Crippen LogP contribution < -0.4 is 0 Å². The summed E-state index contributed by atoms with van der Waals surface area (Å²) in [4.78, 5) is 0. The Morgan fingerprint density at radius 2 is 1.81 bits per heavy atom. The van der Waals surface area contributed by atoms with E-state index in [-0.39, 0.29) is 0 Å². The largest absolute Gasteiger partial charge is 0.390 e. The van der Waals surface area contributed by atoms with E-state index in [4.69, 9.17) is 0 Å². The van der Waals surface area contributed by atoms with Crippen molar-refractivity contribution in [2.75, 3.05) is 0 Å². The van der Waals surface area contributed by atoms with Crippen molar-refractivity contribution in [1.82, 2.24) is 0 Å². The van der Waals surface area contributed by atoms with Gasteiger partial charge in [0.25, 0.3) is 0 Å². The molecule has 0 unspecified atom stereocenters. The average Bonchev–Trinajstić information content (AvgIpc) is 2.85. The van der Waals surface area contributed by atoms with Crippen LogP contribution in [0.2, 0.25) is 0 Å². The second kappa shape index (κ2) is 3.85. The van der Waals surface area contributed by atoms with Crippen LogP contribution in [0.3, 0.4) is 0 Å². The highest BCUT2D eigenvalue weighted by molar-refractivity contribution is 5.30. The van der Waals surface area contributed by atoms with Crippen molar-refractivity contribution in [2.45, 2.75) is 50.8 Å². The highest BCUT2D eigenvalue weighted by Crippen LogP contribution is 2.39. The molecular weight excluding hydrogens is 203 g/mol. The van der Waals surface area contributed by atoms with E-state index >= 15 is 0 Å². The molecule has 1 aromatic rings. The van der Waals surface area contributed by atoms with Crippen molar-refractivity contribution in [2.24, 2.45) is 0 Å². The van der Waals surface area contributed by atoms with Gasteiger partial charge in [-0.25, -0.2) is 4.39 Å². The van der Waals surface area contributed by atoms with Gasteiger partial charge in [0.1, 0.15) is 5.67 Å². The first-order valence-corrected chi connectivity index (χ1v) is 5.86. The van der Waals surface area contributed by atoms with Gasteiger partial charge in [-0.2, -0.15) is 0 Å². The van der Waals surface area contributed by atoms with E-state index in [1.807, 2.05) is 24.3 Å². The molecule has 0 saturated heterocycles. The molecule has 2 heteroatoms. The van der Waals surface area contributed by atoms with Crippen molar-refractivity contribution in [3.05, 3.63) is 35.4 Å². The second-order valence-corrected chi connectivity index (χ2v) is 5.57. The van der Waals surface area contributed by atoms with Gasteiger partial charge in [-0.1, -0.05) is 24.3 Å². The van der Waals surface area contributed by atoms with E-state index in [0.717, 1.165) is 24.0 Å². The third-order valence-electron chi connectivity index (χ3n) is 3.08. The van der Waals surface area contributed by atoms with Crippen LogP contribution in [0.4, 0.5) is 4.39 Å². The normalized spacial score (nSPS) is 18.5. The molecule has 1 aliphatic carbocycles. The molecule has 0 aromatic heterocycles. The third-order valence-corrected chi connectivity index (χ3v) is 3.08. The molecule has 1 fully saturated rings. The fraction of sp³-hybridized carbons (Fsp3) is 0.571. The molecule has 2 rings (SSSR count). The molecule has 0 spiro atoms. The fourth-order valence-corrected chi connectivity index (χ4v) is 2.03. The number of hydrogen-bond acceptors (Lipinski definition) is 1. The minimum atomic E-state index is -1.19. The summed E-state index contributed by atoms with van der Waals surface area (Å²) in [6.45, 7) is 3.19. The Morgan fingerprint density at radius 3 is 2.31 bits per heavy atom. The average molecular weight is 222 g/mol. The maximum Gasteiger partial charge on any atom is 0.109 e. The number of benzene rings is 1. The van der Waals surface area contributed by atoms with E-state index < -0.39 is 11.3 Å². The standard InChI is InChI=1S/C14H19FO/c1-13(2,15)9-11-5-3-4-6-12(11)10-14(16)7-8-14/h3-6,16H,7-10H2,1-2H3. The number of alkyl halides is 1. The SMILES string of the molecule is CC(C)(F)Cc1ccccc1CC1(O)CC1. The molecule has 0 radical (unpaired) electrons. The zero-order valence-corrected chi connectivity index (χ0v) is 9.96. The van der Waals surface area contributed by atoms with Crippen LogP contribution in [0.1, 0.15) is 37.8 Å². The van der Waals surface area contributed by atoms with E-state index in [1.165, 1.54) is 0 Å². The van der Waals surface area contributed by atoms with Gasteiger partial charge in [0, 0.05) is 12.8 Å². The molecule has 1 saturated carbocycles. The first kappa shape index (κ1) is 11.6. The Labute approximate surface area is 96.3 Å². The number of aliphatic hydroxyl groups is 1. The highest BCUT2D eigenvalue weighted by Gasteiger charge is 2.40. The highest BCUT2D eigenvalue weighted by atomic mass is 19.1. The lowest BCUT2D eigenvalue weighted by Gasteiger charge is -2.18. The zero-order valence-electron chi connectivity index (χ0n) is 9.96. The van der Waals surface area contributed by atoms with Crippen LogP contribution in [0, 0.1) is 0 Å². The van der Waals surface area contributed by atoms with Crippen molar-refractivity contribution in [3.63, 3.8) is 0 Å². The van der Waals surface area contributed by atoms with Crippen LogP contribution in [-0.4, -0.2) is 16.4 Å². The lowest BCUT2D eigenvalue weighted by Crippen LogP contribution is -2.19. The summed E-state index contributed by atoms with van der Waals surface area (Å²) in [6.07, 6.45) is 2.83. The maximum atomic E-state index is 13.6. The Balaban J connectivity index is 2.17. The molecule has 1 N–H and O–H groups in total. The summed E-state index contributed by atoms with van der Waals surface area (Å²) >= 11 is 0. The van der Waals surface area contributed by atoms with Gasteiger partial charge < -0.3 is 5.11 Å². The van der Waals surface area contributed by atoms with E-state index in [0.29, 0.717) is 12.8 Å². The predicted molar refractivity (Wildman–Crippen MR) is 63.2 cm³/mol. The minimum absolute atomic E-state index is 0.416. The van der Waals surface area contributed by atoms with E-state index in [1.54, 1.807) is 13.8 Å². The Hall–Kier alpha value is -0.890. The number of hydrogen-bond donors (Lipinski definition) is 1. The molecular formula is C14H19FO. The van der Waals surface area contributed by atoms with Crippen LogP contribution in [0.15, 0.2) is 24.3 Å². The molecule has 0 atom stereocenters. The topological polar surface area (TPSA) is 20.2 Å². The summed E-state index contributed by atoms with van der Waals surface area (Å²) in [5.41, 5.74) is 0.419. The van der Waals surface area contributed by atoms with Crippen LogP contribution in [0.25, 0.3) is 0 Å². The van der Waals surface area contributed by atoms with Gasteiger partial charge in [0.15, 0.2) is 0 Å². The van der Waals surface area contributed by atoms with E-state index in [2.05, 4.69) is 0 Å². The summed E-state index contributed by atoms with van der Waals surface area (Å²) in [7, 11) is 0. The zero-order chi connectivity index (χ0) is 11.8. The number of rotatable bonds is 4. The summed E-state index contributed by atoms with van der Waals surface area (Å²) in [5, 5.41) is 9.91. The van der Waals surface area contributed by atoms with Crippen LogP contribution in [-0.2, 0) is 12.8 Å².